The second-order valence-corrected chi connectivity index (χ2v) is 5.88. The molecule has 1 aliphatic rings. The maximum Gasteiger partial charge on any atom is 0.416 e. The van der Waals surface area contributed by atoms with E-state index in [0.29, 0.717) is 0 Å². The zero-order valence-corrected chi connectivity index (χ0v) is 13.3. The summed E-state index contributed by atoms with van der Waals surface area (Å²) in [6, 6.07) is 11.6. The minimum absolute atomic E-state index is 0.602. The van der Waals surface area contributed by atoms with E-state index in [9.17, 15) is 13.2 Å². The third-order valence-corrected chi connectivity index (χ3v) is 4.59. The van der Waals surface area contributed by atoms with Crippen LogP contribution >= 0.6 is 0 Å². The van der Waals surface area contributed by atoms with E-state index in [1.807, 2.05) is 12.1 Å². The lowest BCUT2D eigenvalue weighted by Crippen LogP contribution is -2.04. The van der Waals surface area contributed by atoms with Crippen molar-refractivity contribution >= 4 is 5.57 Å². The number of hydrogen-bond acceptors (Lipinski definition) is 0. The first kappa shape index (κ1) is 15.9. The number of alkyl halides is 3. The van der Waals surface area contributed by atoms with Crippen molar-refractivity contribution in [2.75, 3.05) is 0 Å². The third kappa shape index (κ3) is 2.80. The molecule has 0 saturated carbocycles. The Labute approximate surface area is 134 Å². The van der Waals surface area contributed by atoms with E-state index in [2.05, 4.69) is 19.9 Å². The molecule has 1 aliphatic carbocycles. The van der Waals surface area contributed by atoms with Crippen LogP contribution in [-0.4, -0.2) is 0 Å². The molecule has 0 nitrogen and oxygen atoms in total. The van der Waals surface area contributed by atoms with Gasteiger partial charge in [-0.3, -0.25) is 0 Å². The summed E-state index contributed by atoms with van der Waals surface area (Å²) in [7, 11) is 0. The molecule has 23 heavy (non-hydrogen) atoms. The largest absolute Gasteiger partial charge is 0.416 e. The van der Waals surface area contributed by atoms with Crippen LogP contribution in [0.5, 0.6) is 0 Å². The number of allylic oxidation sites excluding steroid dienone is 2. The Hall–Kier alpha value is -2.03. The normalized spacial score (nSPS) is 14.3. The van der Waals surface area contributed by atoms with Gasteiger partial charge in [0.15, 0.2) is 0 Å². The number of fused-ring (bicyclic) bond motifs is 1. The summed E-state index contributed by atoms with van der Waals surface area (Å²) in [5, 5.41) is 0. The van der Waals surface area contributed by atoms with E-state index in [4.69, 9.17) is 0 Å². The lowest BCUT2D eigenvalue weighted by atomic mass is 9.92. The molecule has 2 aromatic rings. The first-order valence-corrected chi connectivity index (χ1v) is 7.96. The molecule has 0 spiro atoms. The molecule has 120 valence electrons. The molecule has 0 heterocycles. The van der Waals surface area contributed by atoms with Crippen LogP contribution in [0.4, 0.5) is 13.2 Å². The Kier molecular flexibility index (Phi) is 4.05. The Morgan fingerprint density at radius 2 is 1.61 bits per heavy atom. The van der Waals surface area contributed by atoms with Crippen molar-refractivity contribution in [3.63, 3.8) is 0 Å². The van der Waals surface area contributed by atoms with Gasteiger partial charge in [0.25, 0.3) is 0 Å². The van der Waals surface area contributed by atoms with E-state index in [1.54, 1.807) is 12.1 Å². The second kappa shape index (κ2) is 5.88. The molecule has 0 amide bonds. The minimum Gasteiger partial charge on any atom is -0.166 e. The van der Waals surface area contributed by atoms with Gasteiger partial charge in [-0.1, -0.05) is 49.8 Å². The lowest BCUT2D eigenvalue weighted by molar-refractivity contribution is -0.137. The molecule has 0 saturated heterocycles. The van der Waals surface area contributed by atoms with Crippen LogP contribution in [0.1, 0.15) is 43.4 Å². The van der Waals surface area contributed by atoms with Gasteiger partial charge in [-0.25, -0.2) is 0 Å². The van der Waals surface area contributed by atoms with Crippen molar-refractivity contribution in [2.24, 2.45) is 0 Å². The molecule has 0 radical (unpaired) electrons. The van der Waals surface area contributed by atoms with E-state index >= 15 is 0 Å². The predicted octanol–water partition coefficient (Wildman–Crippen LogP) is 6.50. The van der Waals surface area contributed by atoms with Crippen LogP contribution in [0.3, 0.4) is 0 Å². The van der Waals surface area contributed by atoms with Crippen LogP contribution in [-0.2, 0) is 12.6 Å². The Bertz CT molecular complexity index is 749. The Balaban J connectivity index is 2.10. The average Bonchev–Trinajstić information content (AvgIpc) is 2.91. The number of halogens is 3. The summed E-state index contributed by atoms with van der Waals surface area (Å²) in [5.41, 5.74) is 6.60. The van der Waals surface area contributed by atoms with Crippen molar-refractivity contribution in [3.05, 3.63) is 64.7 Å². The van der Waals surface area contributed by atoms with Crippen molar-refractivity contribution in [2.45, 2.75) is 39.3 Å². The fourth-order valence-electron chi connectivity index (χ4n) is 3.46. The molecule has 2 aromatic carbocycles. The summed E-state index contributed by atoms with van der Waals surface area (Å²) >= 11 is 0. The fraction of sp³-hybridized carbons (Fsp3) is 0.300. The Morgan fingerprint density at radius 3 is 2.17 bits per heavy atom. The molecule has 0 aliphatic heterocycles. The van der Waals surface area contributed by atoms with Gasteiger partial charge in [0, 0.05) is 0 Å². The summed E-state index contributed by atoms with van der Waals surface area (Å²) in [6.45, 7) is 4.30. The summed E-state index contributed by atoms with van der Waals surface area (Å²) in [6.07, 6.45) is -1.36. The maximum absolute atomic E-state index is 12.7. The van der Waals surface area contributed by atoms with Crippen LogP contribution < -0.4 is 0 Å². The molecular weight excluding hydrogens is 297 g/mol. The molecule has 0 unspecified atom stereocenters. The predicted molar refractivity (Wildman–Crippen MR) is 88.1 cm³/mol. The first-order valence-electron chi connectivity index (χ1n) is 7.96. The van der Waals surface area contributed by atoms with Crippen molar-refractivity contribution in [3.8, 4) is 11.1 Å². The van der Waals surface area contributed by atoms with Crippen LogP contribution in [0.2, 0.25) is 0 Å². The van der Waals surface area contributed by atoms with Crippen molar-refractivity contribution < 1.29 is 13.2 Å². The highest BCUT2D eigenvalue weighted by molar-refractivity contribution is 5.87. The summed E-state index contributed by atoms with van der Waals surface area (Å²) in [4.78, 5) is 0. The van der Waals surface area contributed by atoms with Gasteiger partial charge in [0.05, 0.1) is 5.56 Å². The quantitative estimate of drug-likeness (QED) is 0.606. The van der Waals surface area contributed by atoms with Crippen LogP contribution in [0.15, 0.2) is 48.0 Å². The molecule has 0 fully saturated rings. The standard InChI is InChI=1S/C20H19F3/c1-3-13-12-15-6-5-7-18(19(15)17(13)4-2)14-8-10-16(11-9-14)20(21,22)23/h5-11H,3-4,12H2,1-2H3. The highest BCUT2D eigenvalue weighted by Crippen LogP contribution is 2.42. The summed E-state index contributed by atoms with van der Waals surface area (Å²) < 4.78 is 38.2. The minimum atomic E-state index is -4.29. The fourth-order valence-corrected chi connectivity index (χ4v) is 3.46. The van der Waals surface area contributed by atoms with Gasteiger partial charge in [0.2, 0.25) is 0 Å². The highest BCUT2D eigenvalue weighted by atomic mass is 19.4. The van der Waals surface area contributed by atoms with Gasteiger partial charge in [-0.2, -0.15) is 13.2 Å². The van der Waals surface area contributed by atoms with E-state index in [-0.39, 0.29) is 0 Å². The second-order valence-electron chi connectivity index (χ2n) is 5.88. The lowest BCUT2D eigenvalue weighted by Gasteiger charge is -2.13. The van der Waals surface area contributed by atoms with Crippen molar-refractivity contribution in [1.29, 1.82) is 0 Å². The highest BCUT2D eigenvalue weighted by Gasteiger charge is 2.30. The molecule has 0 aromatic heterocycles. The molecular formula is C20H19F3. The molecule has 3 heteroatoms. The maximum atomic E-state index is 12.7. The molecule has 3 rings (SSSR count). The number of rotatable bonds is 3. The van der Waals surface area contributed by atoms with Crippen LogP contribution in [0.25, 0.3) is 16.7 Å². The van der Waals surface area contributed by atoms with Gasteiger partial charge in [-0.15, -0.1) is 0 Å². The molecule has 0 N–H and O–H groups in total. The third-order valence-electron chi connectivity index (χ3n) is 4.59. The van der Waals surface area contributed by atoms with E-state index in [1.165, 1.54) is 34.4 Å². The van der Waals surface area contributed by atoms with Gasteiger partial charge in [0.1, 0.15) is 0 Å². The van der Waals surface area contributed by atoms with Crippen LogP contribution in [0, 0.1) is 0 Å². The first-order chi connectivity index (χ1) is 11.0. The zero-order valence-electron chi connectivity index (χ0n) is 13.3. The van der Waals surface area contributed by atoms with Gasteiger partial charge >= 0.3 is 6.18 Å². The zero-order chi connectivity index (χ0) is 16.6. The molecule has 0 atom stereocenters. The van der Waals surface area contributed by atoms with E-state index < -0.39 is 11.7 Å². The number of hydrogen-bond donors (Lipinski definition) is 0. The van der Waals surface area contributed by atoms with Crippen molar-refractivity contribution in [1.82, 2.24) is 0 Å². The summed E-state index contributed by atoms with van der Waals surface area (Å²) in [5.74, 6) is 0. The number of benzene rings is 2. The Morgan fingerprint density at radius 1 is 0.913 bits per heavy atom. The SMILES string of the molecule is CCC1=C(CC)c2c(cccc2-c2ccc(C(F)(F)F)cc2)C1. The average molecular weight is 316 g/mol. The van der Waals surface area contributed by atoms with Gasteiger partial charge < -0.3 is 0 Å². The van der Waals surface area contributed by atoms with E-state index in [0.717, 1.165) is 30.4 Å². The molecule has 0 bridgehead atoms. The van der Waals surface area contributed by atoms with Gasteiger partial charge in [-0.05, 0) is 59.2 Å². The smallest absolute Gasteiger partial charge is 0.166 e. The topological polar surface area (TPSA) is 0 Å². The monoisotopic (exact) mass is 316 g/mol.